The summed E-state index contributed by atoms with van der Waals surface area (Å²) in [7, 11) is 1.55. The highest BCUT2D eigenvalue weighted by Crippen LogP contribution is 2.24. The minimum absolute atomic E-state index is 0.00854. The zero-order valence-electron chi connectivity index (χ0n) is 12.8. The number of hydrogen-bond donors (Lipinski definition) is 0. The molecule has 2 heterocycles. The fourth-order valence-electron chi connectivity index (χ4n) is 2.95. The molecule has 0 aromatic carbocycles. The minimum atomic E-state index is -0.00854. The molecule has 6 heteroatoms. The van der Waals surface area contributed by atoms with E-state index in [2.05, 4.69) is 22.3 Å². The molecule has 0 bridgehead atoms. The number of nitrogens with zero attached hydrogens (tertiary/aromatic N) is 3. The van der Waals surface area contributed by atoms with Crippen LogP contribution < -0.4 is 9.47 Å². The Morgan fingerprint density at radius 1 is 1.23 bits per heavy atom. The van der Waals surface area contributed by atoms with Gasteiger partial charge in [0, 0.05) is 31.0 Å². The molecule has 1 fully saturated rings. The summed E-state index contributed by atoms with van der Waals surface area (Å²) in [6.45, 7) is 1.39. The fraction of sp³-hybridized carbons (Fsp3) is 0.562. The Bertz CT molecular complexity index is 544. The van der Waals surface area contributed by atoms with Crippen molar-refractivity contribution in [2.24, 2.45) is 5.92 Å². The highest BCUT2D eigenvalue weighted by molar-refractivity contribution is 5.79. The van der Waals surface area contributed by atoms with Crippen LogP contribution in [0.5, 0.6) is 11.8 Å². The molecule has 3 rings (SSSR count). The molecule has 2 unspecified atom stereocenters. The van der Waals surface area contributed by atoms with E-state index in [0.717, 1.165) is 32.2 Å². The van der Waals surface area contributed by atoms with Crippen molar-refractivity contribution in [2.45, 2.75) is 31.8 Å². The molecule has 0 saturated carbocycles. The standard InChI is InChI=1S/C16H21N3O3/c1-21-14-7-8-15(18-17-14)22-13-9-10-19(11-13)16(20)12-5-3-2-4-6-12/h2-3,7-8,12-13H,4-6,9-11H2,1H3. The van der Waals surface area contributed by atoms with Crippen molar-refractivity contribution in [3.05, 3.63) is 24.3 Å². The van der Waals surface area contributed by atoms with Crippen molar-refractivity contribution < 1.29 is 14.3 Å². The molecule has 0 radical (unpaired) electrons. The topological polar surface area (TPSA) is 64.6 Å². The second-order valence-electron chi connectivity index (χ2n) is 5.71. The summed E-state index contributed by atoms with van der Waals surface area (Å²) < 4.78 is 10.8. The first-order valence-corrected chi connectivity index (χ1v) is 7.74. The zero-order chi connectivity index (χ0) is 15.4. The predicted octanol–water partition coefficient (Wildman–Crippen LogP) is 1.82. The average Bonchev–Trinajstić information content (AvgIpc) is 3.04. The van der Waals surface area contributed by atoms with Crippen molar-refractivity contribution in [1.29, 1.82) is 0 Å². The Labute approximate surface area is 130 Å². The second kappa shape index (κ2) is 6.77. The maximum atomic E-state index is 12.5. The third-order valence-corrected chi connectivity index (χ3v) is 4.19. The summed E-state index contributed by atoms with van der Waals surface area (Å²) in [5.41, 5.74) is 0. The van der Waals surface area contributed by atoms with Gasteiger partial charge >= 0.3 is 0 Å². The van der Waals surface area contributed by atoms with Crippen LogP contribution in [0.2, 0.25) is 0 Å². The number of ether oxygens (including phenoxy) is 2. The molecule has 22 heavy (non-hydrogen) atoms. The maximum absolute atomic E-state index is 12.5. The molecule has 2 atom stereocenters. The maximum Gasteiger partial charge on any atom is 0.233 e. The van der Waals surface area contributed by atoms with Gasteiger partial charge in [-0.05, 0) is 19.3 Å². The SMILES string of the molecule is COc1ccc(OC2CCN(C(=O)C3CC=CCC3)C2)nn1. The van der Waals surface area contributed by atoms with Gasteiger partial charge in [0.2, 0.25) is 17.7 Å². The van der Waals surface area contributed by atoms with E-state index >= 15 is 0 Å². The number of likely N-dealkylation sites (tertiary alicyclic amines) is 1. The van der Waals surface area contributed by atoms with Crippen molar-refractivity contribution in [3.8, 4) is 11.8 Å². The smallest absolute Gasteiger partial charge is 0.233 e. The summed E-state index contributed by atoms with van der Waals surface area (Å²) in [6, 6.07) is 3.46. The Morgan fingerprint density at radius 3 is 2.73 bits per heavy atom. The quantitative estimate of drug-likeness (QED) is 0.794. The summed E-state index contributed by atoms with van der Waals surface area (Å²) in [5.74, 6) is 1.34. The third-order valence-electron chi connectivity index (χ3n) is 4.19. The van der Waals surface area contributed by atoms with Crippen LogP contribution in [-0.4, -0.2) is 47.3 Å². The molecule has 1 aromatic heterocycles. The van der Waals surface area contributed by atoms with Gasteiger partial charge in [0.25, 0.3) is 0 Å². The van der Waals surface area contributed by atoms with E-state index in [1.54, 1.807) is 19.2 Å². The predicted molar refractivity (Wildman–Crippen MR) is 80.7 cm³/mol. The first-order valence-electron chi connectivity index (χ1n) is 7.74. The van der Waals surface area contributed by atoms with Gasteiger partial charge in [-0.15, -0.1) is 10.2 Å². The number of methoxy groups -OCH3 is 1. The van der Waals surface area contributed by atoms with Gasteiger partial charge in [0.05, 0.1) is 13.7 Å². The lowest BCUT2D eigenvalue weighted by molar-refractivity contribution is -0.135. The van der Waals surface area contributed by atoms with Gasteiger partial charge in [0.15, 0.2) is 0 Å². The van der Waals surface area contributed by atoms with E-state index in [0.29, 0.717) is 18.3 Å². The number of amides is 1. The zero-order valence-corrected chi connectivity index (χ0v) is 12.8. The highest BCUT2D eigenvalue weighted by Gasteiger charge is 2.31. The van der Waals surface area contributed by atoms with Crippen LogP contribution in [0.3, 0.4) is 0 Å². The minimum Gasteiger partial charge on any atom is -0.480 e. The lowest BCUT2D eigenvalue weighted by atomic mass is 9.93. The van der Waals surface area contributed by atoms with E-state index in [9.17, 15) is 4.79 Å². The molecule has 6 nitrogen and oxygen atoms in total. The highest BCUT2D eigenvalue weighted by atomic mass is 16.5. The van der Waals surface area contributed by atoms with Gasteiger partial charge in [-0.1, -0.05) is 12.2 Å². The lowest BCUT2D eigenvalue weighted by Crippen LogP contribution is -2.36. The van der Waals surface area contributed by atoms with Gasteiger partial charge < -0.3 is 14.4 Å². The van der Waals surface area contributed by atoms with E-state index in [1.165, 1.54) is 0 Å². The van der Waals surface area contributed by atoms with Crippen molar-refractivity contribution in [1.82, 2.24) is 15.1 Å². The van der Waals surface area contributed by atoms with Crippen LogP contribution in [0.1, 0.15) is 25.7 Å². The monoisotopic (exact) mass is 303 g/mol. The molecule has 2 aliphatic rings. The number of aromatic nitrogens is 2. The molecule has 0 N–H and O–H groups in total. The molecular weight excluding hydrogens is 282 g/mol. The van der Waals surface area contributed by atoms with Crippen LogP contribution in [-0.2, 0) is 4.79 Å². The van der Waals surface area contributed by atoms with Crippen LogP contribution >= 0.6 is 0 Å². The van der Waals surface area contributed by atoms with Crippen molar-refractivity contribution >= 4 is 5.91 Å². The number of allylic oxidation sites excluding steroid dienone is 2. The fourth-order valence-corrected chi connectivity index (χ4v) is 2.95. The largest absolute Gasteiger partial charge is 0.480 e. The van der Waals surface area contributed by atoms with Crippen molar-refractivity contribution in [3.63, 3.8) is 0 Å². The summed E-state index contributed by atoms with van der Waals surface area (Å²) in [4.78, 5) is 14.4. The van der Waals surface area contributed by atoms with Crippen LogP contribution in [0.25, 0.3) is 0 Å². The Morgan fingerprint density at radius 2 is 2.05 bits per heavy atom. The average molecular weight is 303 g/mol. The van der Waals surface area contributed by atoms with Gasteiger partial charge in [-0.3, -0.25) is 4.79 Å². The third kappa shape index (κ3) is 3.37. The number of rotatable bonds is 4. The van der Waals surface area contributed by atoms with Crippen LogP contribution in [0.15, 0.2) is 24.3 Å². The Kier molecular flexibility index (Phi) is 4.56. The lowest BCUT2D eigenvalue weighted by Gasteiger charge is -2.24. The molecule has 1 saturated heterocycles. The number of hydrogen-bond acceptors (Lipinski definition) is 5. The number of carbonyl (C=O) groups excluding carboxylic acids is 1. The number of carbonyl (C=O) groups is 1. The van der Waals surface area contributed by atoms with Gasteiger partial charge in [0.1, 0.15) is 6.10 Å². The van der Waals surface area contributed by atoms with Gasteiger partial charge in [-0.25, -0.2) is 0 Å². The Balaban J connectivity index is 1.53. The summed E-state index contributed by atoms with van der Waals surface area (Å²) in [5, 5.41) is 7.84. The molecule has 1 aromatic rings. The van der Waals surface area contributed by atoms with Crippen molar-refractivity contribution in [2.75, 3.05) is 20.2 Å². The van der Waals surface area contributed by atoms with E-state index < -0.39 is 0 Å². The van der Waals surface area contributed by atoms with E-state index in [-0.39, 0.29) is 17.9 Å². The first-order chi connectivity index (χ1) is 10.8. The molecule has 1 aliphatic carbocycles. The normalized spacial score (nSPS) is 24.3. The molecule has 1 aliphatic heterocycles. The molecule has 0 spiro atoms. The van der Waals surface area contributed by atoms with E-state index in [4.69, 9.17) is 9.47 Å². The summed E-state index contributed by atoms with van der Waals surface area (Å²) in [6.07, 6.45) is 7.93. The Hall–Kier alpha value is -2.11. The molecular formula is C16H21N3O3. The second-order valence-corrected chi connectivity index (χ2v) is 5.71. The van der Waals surface area contributed by atoms with Crippen LogP contribution in [0, 0.1) is 5.92 Å². The summed E-state index contributed by atoms with van der Waals surface area (Å²) >= 11 is 0. The van der Waals surface area contributed by atoms with Gasteiger partial charge in [-0.2, -0.15) is 0 Å². The van der Waals surface area contributed by atoms with Crippen LogP contribution in [0.4, 0.5) is 0 Å². The first kappa shape index (κ1) is 14.8. The molecule has 118 valence electrons. The van der Waals surface area contributed by atoms with E-state index in [1.807, 2.05) is 4.90 Å². The molecule has 1 amide bonds.